The van der Waals surface area contributed by atoms with Gasteiger partial charge in [0.2, 0.25) is 0 Å². The lowest BCUT2D eigenvalue weighted by Gasteiger charge is -2.08. The second-order valence-corrected chi connectivity index (χ2v) is 5.05. The second-order valence-electron chi connectivity index (χ2n) is 4.27. The van der Waals surface area contributed by atoms with Gasteiger partial charge in [-0.25, -0.2) is 9.97 Å². The number of anilines is 2. The molecule has 0 spiro atoms. The van der Waals surface area contributed by atoms with Crippen LogP contribution in [-0.2, 0) is 0 Å². The lowest BCUT2D eigenvalue weighted by atomic mass is 10.3. The molecule has 1 aromatic heterocycles. The summed E-state index contributed by atoms with van der Waals surface area (Å²) in [4.78, 5) is 19.9. The molecular weight excluding hydrogens is 311 g/mol. The first-order chi connectivity index (χ1) is 10.1. The van der Waals surface area contributed by atoms with Gasteiger partial charge in [-0.2, -0.15) is 0 Å². The van der Waals surface area contributed by atoms with Crippen molar-refractivity contribution in [2.75, 3.05) is 11.9 Å². The third-order valence-corrected chi connectivity index (χ3v) is 3.45. The van der Waals surface area contributed by atoms with Gasteiger partial charge < -0.3 is 10.6 Å². The Morgan fingerprint density at radius 1 is 1.24 bits per heavy atom. The molecular formula is C14H14Cl2N4O. The molecule has 0 aliphatic carbocycles. The Bertz CT molecular complexity index is 631. The van der Waals surface area contributed by atoms with Crippen LogP contribution >= 0.6 is 23.2 Å². The number of carbonyl (C=O) groups is 1. The van der Waals surface area contributed by atoms with Crippen molar-refractivity contribution in [3.63, 3.8) is 0 Å². The zero-order valence-corrected chi connectivity index (χ0v) is 12.9. The molecule has 1 amide bonds. The van der Waals surface area contributed by atoms with Crippen LogP contribution in [-0.4, -0.2) is 22.4 Å². The largest absolute Gasteiger partial charge is 0.351 e. The number of amides is 1. The maximum Gasteiger partial charge on any atom is 0.271 e. The molecule has 21 heavy (non-hydrogen) atoms. The van der Waals surface area contributed by atoms with Crippen molar-refractivity contribution in [1.82, 2.24) is 15.3 Å². The van der Waals surface area contributed by atoms with Gasteiger partial charge in [-0.1, -0.05) is 36.2 Å². The van der Waals surface area contributed by atoms with Crippen molar-refractivity contribution < 1.29 is 4.79 Å². The molecule has 0 atom stereocenters. The van der Waals surface area contributed by atoms with Gasteiger partial charge in [0, 0.05) is 6.54 Å². The van der Waals surface area contributed by atoms with Crippen molar-refractivity contribution in [1.29, 1.82) is 0 Å². The number of hydrogen-bond donors (Lipinski definition) is 2. The van der Waals surface area contributed by atoms with Gasteiger partial charge in [0.1, 0.15) is 11.5 Å². The smallest absolute Gasteiger partial charge is 0.271 e. The van der Waals surface area contributed by atoms with Crippen LogP contribution in [0, 0.1) is 0 Å². The first-order valence-electron chi connectivity index (χ1n) is 6.43. The first-order valence-corrected chi connectivity index (χ1v) is 7.18. The summed E-state index contributed by atoms with van der Waals surface area (Å²) in [7, 11) is 0. The Kier molecular flexibility index (Phi) is 5.36. The van der Waals surface area contributed by atoms with E-state index in [4.69, 9.17) is 23.2 Å². The van der Waals surface area contributed by atoms with E-state index in [1.54, 1.807) is 18.2 Å². The molecule has 0 saturated heterocycles. The van der Waals surface area contributed by atoms with E-state index in [-0.39, 0.29) is 11.6 Å². The van der Waals surface area contributed by atoms with Crippen molar-refractivity contribution in [2.24, 2.45) is 0 Å². The van der Waals surface area contributed by atoms with Gasteiger partial charge in [0.25, 0.3) is 5.91 Å². The molecule has 0 fully saturated rings. The van der Waals surface area contributed by atoms with Crippen molar-refractivity contribution in [3.05, 3.63) is 46.3 Å². The monoisotopic (exact) mass is 324 g/mol. The number of halogens is 2. The van der Waals surface area contributed by atoms with Crippen LogP contribution in [0.25, 0.3) is 0 Å². The second kappa shape index (κ2) is 7.24. The number of aromatic nitrogens is 2. The normalized spacial score (nSPS) is 10.2. The number of nitrogens with one attached hydrogen (secondary N) is 2. The Labute approximate surface area is 132 Å². The topological polar surface area (TPSA) is 66.9 Å². The Morgan fingerprint density at radius 2 is 2.05 bits per heavy atom. The average molecular weight is 325 g/mol. The third-order valence-electron chi connectivity index (χ3n) is 2.63. The van der Waals surface area contributed by atoms with Crippen LogP contribution in [0.15, 0.2) is 30.6 Å². The molecule has 0 saturated carbocycles. The molecule has 110 valence electrons. The quantitative estimate of drug-likeness (QED) is 0.880. The highest BCUT2D eigenvalue weighted by Gasteiger charge is 2.08. The van der Waals surface area contributed by atoms with E-state index in [9.17, 15) is 4.79 Å². The zero-order valence-electron chi connectivity index (χ0n) is 11.4. The van der Waals surface area contributed by atoms with Crippen molar-refractivity contribution in [3.8, 4) is 0 Å². The van der Waals surface area contributed by atoms with Gasteiger partial charge >= 0.3 is 0 Å². The summed E-state index contributed by atoms with van der Waals surface area (Å²) in [5.74, 6) is 0.239. The summed E-state index contributed by atoms with van der Waals surface area (Å²) in [6.07, 6.45) is 3.75. The fourth-order valence-corrected chi connectivity index (χ4v) is 1.93. The highest BCUT2D eigenvalue weighted by molar-refractivity contribution is 6.43. The Morgan fingerprint density at radius 3 is 2.71 bits per heavy atom. The maximum absolute atomic E-state index is 11.7. The predicted molar refractivity (Wildman–Crippen MR) is 84.4 cm³/mol. The molecule has 7 heteroatoms. The zero-order chi connectivity index (χ0) is 15.2. The summed E-state index contributed by atoms with van der Waals surface area (Å²) in [6.45, 7) is 2.59. The molecule has 0 unspecified atom stereocenters. The minimum Gasteiger partial charge on any atom is -0.351 e. The summed E-state index contributed by atoms with van der Waals surface area (Å²) in [5.41, 5.74) is 0.896. The predicted octanol–water partition coefficient (Wildman–Crippen LogP) is 3.67. The van der Waals surface area contributed by atoms with Crippen LogP contribution < -0.4 is 10.6 Å². The summed E-state index contributed by atoms with van der Waals surface area (Å²) in [6, 6.07) is 5.25. The molecule has 2 rings (SSSR count). The molecule has 1 heterocycles. The van der Waals surface area contributed by atoms with E-state index in [1.807, 2.05) is 6.92 Å². The highest BCUT2D eigenvalue weighted by Crippen LogP contribution is 2.30. The van der Waals surface area contributed by atoms with Crippen molar-refractivity contribution in [2.45, 2.75) is 13.3 Å². The summed E-state index contributed by atoms with van der Waals surface area (Å²) >= 11 is 12.0. The van der Waals surface area contributed by atoms with E-state index in [1.165, 1.54) is 12.4 Å². The lowest BCUT2D eigenvalue weighted by molar-refractivity contribution is 0.0948. The standard InChI is InChI=1S/C14H14Cl2N4O/c1-2-6-17-14(21)11-7-19-12(8-18-11)20-10-5-3-4-9(15)13(10)16/h3-5,7-8H,2,6H2,1H3,(H,17,21)(H,19,20). The molecule has 0 bridgehead atoms. The maximum atomic E-state index is 11.7. The van der Waals surface area contributed by atoms with E-state index in [0.717, 1.165) is 6.42 Å². The van der Waals surface area contributed by atoms with Crippen LogP contribution in [0.5, 0.6) is 0 Å². The first kappa shape index (κ1) is 15.5. The van der Waals surface area contributed by atoms with E-state index in [2.05, 4.69) is 20.6 Å². The van der Waals surface area contributed by atoms with Crippen LogP contribution in [0.1, 0.15) is 23.8 Å². The number of hydrogen-bond acceptors (Lipinski definition) is 4. The lowest BCUT2D eigenvalue weighted by Crippen LogP contribution is -2.25. The van der Waals surface area contributed by atoms with Gasteiger partial charge in [-0.3, -0.25) is 4.79 Å². The number of nitrogens with zero attached hydrogens (tertiary/aromatic N) is 2. The summed E-state index contributed by atoms with van der Waals surface area (Å²) < 4.78 is 0. The van der Waals surface area contributed by atoms with Gasteiger partial charge in [-0.15, -0.1) is 0 Å². The van der Waals surface area contributed by atoms with Gasteiger partial charge in [-0.05, 0) is 18.6 Å². The Hall–Kier alpha value is -1.85. The minimum absolute atomic E-state index is 0.239. The van der Waals surface area contributed by atoms with E-state index in [0.29, 0.717) is 28.1 Å². The minimum atomic E-state index is -0.239. The molecule has 0 aliphatic rings. The highest BCUT2D eigenvalue weighted by atomic mass is 35.5. The van der Waals surface area contributed by atoms with E-state index < -0.39 is 0 Å². The SMILES string of the molecule is CCCNC(=O)c1cnc(Nc2cccc(Cl)c2Cl)cn1. The van der Waals surface area contributed by atoms with Gasteiger partial charge in [0.05, 0.1) is 28.1 Å². The van der Waals surface area contributed by atoms with Crippen LogP contribution in [0.2, 0.25) is 10.0 Å². The molecule has 5 nitrogen and oxygen atoms in total. The number of benzene rings is 1. The fourth-order valence-electron chi connectivity index (χ4n) is 1.58. The molecule has 2 N–H and O–H groups in total. The Balaban J connectivity index is 2.09. The fraction of sp³-hybridized carbons (Fsp3) is 0.214. The molecule has 0 radical (unpaired) electrons. The molecule has 1 aromatic carbocycles. The molecule has 2 aromatic rings. The van der Waals surface area contributed by atoms with Crippen LogP contribution in [0.3, 0.4) is 0 Å². The van der Waals surface area contributed by atoms with E-state index >= 15 is 0 Å². The average Bonchev–Trinajstić information content (AvgIpc) is 2.50. The van der Waals surface area contributed by atoms with Gasteiger partial charge in [0.15, 0.2) is 0 Å². The van der Waals surface area contributed by atoms with Crippen molar-refractivity contribution >= 4 is 40.6 Å². The number of carbonyl (C=O) groups excluding carboxylic acids is 1. The number of rotatable bonds is 5. The van der Waals surface area contributed by atoms with Crippen LogP contribution in [0.4, 0.5) is 11.5 Å². The summed E-state index contributed by atoms with van der Waals surface area (Å²) in [5, 5.41) is 6.59. The third kappa shape index (κ3) is 4.06. The molecule has 0 aliphatic heterocycles.